The molecule has 3 atom stereocenters. The molecule has 0 saturated carbocycles. The Morgan fingerprint density at radius 3 is 2.42 bits per heavy atom. The Labute approximate surface area is 112 Å². The van der Waals surface area contributed by atoms with Crippen LogP contribution in [0.3, 0.4) is 0 Å². The minimum absolute atomic E-state index is 0.0648. The number of aliphatic carboxylic acids is 1. The van der Waals surface area contributed by atoms with Gasteiger partial charge >= 0.3 is 12.0 Å². The minimum Gasteiger partial charge on any atom is -0.481 e. The number of nitrogens with zero attached hydrogens (tertiary/aromatic N) is 1. The molecule has 6 heteroatoms. The van der Waals surface area contributed by atoms with Crippen molar-refractivity contribution in [3.8, 4) is 0 Å². The SMILES string of the molecule is O=C(O)C1CCN(C(=O)NC2CC3CCC2O3)CC1. The molecule has 2 N–H and O–H groups in total. The van der Waals surface area contributed by atoms with E-state index < -0.39 is 5.97 Å². The van der Waals surface area contributed by atoms with Crippen molar-refractivity contribution in [1.82, 2.24) is 10.2 Å². The molecule has 0 aliphatic carbocycles. The van der Waals surface area contributed by atoms with Gasteiger partial charge in [-0.15, -0.1) is 0 Å². The molecule has 3 fully saturated rings. The van der Waals surface area contributed by atoms with Crippen LogP contribution in [0.25, 0.3) is 0 Å². The predicted molar refractivity (Wildman–Crippen MR) is 66.8 cm³/mol. The van der Waals surface area contributed by atoms with E-state index in [-0.39, 0.29) is 24.1 Å². The molecule has 3 unspecified atom stereocenters. The molecule has 106 valence electrons. The summed E-state index contributed by atoms with van der Waals surface area (Å²) in [5, 5.41) is 12.0. The average Bonchev–Trinajstić information content (AvgIpc) is 3.01. The van der Waals surface area contributed by atoms with Crippen LogP contribution in [-0.2, 0) is 9.53 Å². The Hall–Kier alpha value is -1.30. The van der Waals surface area contributed by atoms with Gasteiger partial charge in [0.15, 0.2) is 0 Å². The second-order valence-electron chi connectivity index (χ2n) is 5.77. The maximum absolute atomic E-state index is 12.1. The number of carbonyl (C=O) groups is 2. The fraction of sp³-hybridized carbons (Fsp3) is 0.846. The maximum Gasteiger partial charge on any atom is 0.317 e. The van der Waals surface area contributed by atoms with Crippen molar-refractivity contribution in [3.63, 3.8) is 0 Å². The number of ether oxygens (including phenoxy) is 1. The second kappa shape index (κ2) is 5.00. The van der Waals surface area contributed by atoms with E-state index in [1.165, 1.54) is 0 Å². The number of hydrogen-bond acceptors (Lipinski definition) is 3. The molecule has 0 aromatic heterocycles. The van der Waals surface area contributed by atoms with E-state index in [0.29, 0.717) is 32.0 Å². The normalized spacial score (nSPS) is 34.5. The Morgan fingerprint density at radius 2 is 1.89 bits per heavy atom. The molecule has 2 amide bonds. The topological polar surface area (TPSA) is 78.9 Å². The first-order valence-electron chi connectivity index (χ1n) is 7.07. The summed E-state index contributed by atoms with van der Waals surface area (Å²) >= 11 is 0. The number of piperidine rings is 1. The van der Waals surface area contributed by atoms with Crippen molar-refractivity contribution >= 4 is 12.0 Å². The first-order chi connectivity index (χ1) is 9.13. The Bertz CT molecular complexity index is 379. The number of carboxylic acids is 1. The molecule has 0 aromatic carbocycles. The maximum atomic E-state index is 12.1. The summed E-state index contributed by atoms with van der Waals surface area (Å²) in [6.45, 7) is 1.06. The third-order valence-corrected chi connectivity index (χ3v) is 4.55. The van der Waals surface area contributed by atoms with Gasteiger partial charge in [0, 0.05) is 13.1 Å². The molecular weight excluding hydrogens is 248 g/mol. The summed E-state index contributed by atoms with van der Waals surface area (Å²) < 4.78 is 5.71. The fourth-order valence-electron chi connectivity index (χ4n) is 3.37. The van der Waals surface area contributed by atoms with Crippen LogP contribution in [0.4, 0.5) is 4.79 Å². The molecule has 2 bridgehead atoms. The molecule has 0 aromatic rings. The summed E-state index contributed by atoms with van der Waals surface area (Å²) in [7, 11) is 0. The molecule has 19 heavy (non-hydrogen) atoms. The fourth-order valence-corrected chi connectivity index (χ4v) is 3.37. The van der Waals surface area contributed by atoms with Crippen LogP contribution < -0.4 is 5.32 Å². The largest absolute Gasteiger partial charge is 0.481 e. The van der Waals surface area contributed by atoms with E-state index in [2.05, 4.69) is 5.32 Å². The van der Waals surface area contributed by atoms with Crippen molar-refractivity contribution in [3.05, 3.63) is 0 Å². The molecule has 3 rings (SSSR count). The van der Waals surface area contributed by atoms with Gasteiger partial charge in [-0.25, -0.2) is 4.79 Å². The van der Waals surface area contributed by atoms with Gasteiger partial charge in [0.1, 0.15) is 0 Å². The highest BCUT2D eigenvalue weighted by Crippen LogP contribution is 2.34. The van der Waals surface area contributed by atoms with Gasteiger partial charge in [0.05, 0.1) is 24.2 Å². The van der Waals surface area contributed by atoms with Gasteiger partial charge in [0.25, 0.3) is 0 Å². The average molecular weight is 268 g/mol. The molecule has 3 aliphatic heterocycles. The van der Waals surface area contributed by atoms with E-state index in [1.807, 2.05) is 0 Å². The number of likely N-dealkylation sites (tertiary alicyclic amines) is 1. The zero-order valence-corrected chi connectivity index (χ0v) is 10.9. The summed E-state index contributed by atoms with van der Waals surface area (Å²) in [6, 6.07) is 0.0773. The third-order valence-electron chi connectivity index (χ3n) is 4.55. The van der Waals surface area contributed by atoms with Gasteiger partial charge in [0.2, 0.25) is 0 Å². The van der Waals surface area contributed by atoms with E-state index >= 15 is 0 Å². The van der Waals surface area contributed by atoms with Crippen LogP contribution in [0.15, 0.2) is 0 Å². The lowest BCUT2D eigenvalue weighted by molar-refractivity contribution is -0.143. The number of amides is 2. The molecule has 0 radical (unpaired) electrons. The summed E-state index contributed by atoms with van der Waals surface area (Å²) in [6.07, 6.45) is 4.68. The number of urea groups is 1. The van der Waals surface area contributed by atoms with Gasteiger partial charge < -0.3 is 20.1 Å². The summed E-state index contributed by atoms with van der Waals surface area (Å²) in [5.41, 5.74) is 0. The monoisotopic (exact) mass is 268 g/mol. The van der Waals surface area contributed by atoms with Crippen LogP contribution >= 0.6 is 0 Å². The predicted octanol–water partition coefficient (Wildman–Crippen LogP) is 0.812. The minimum atomic E-state index is -0.749. The van der Waals surface area contributed by atoms with E-state index in [1.54, 1.807) is 4.90 Å². The smallest absolute Gasteiger partial charge is 0.317 e. The van der Waals surface area contributed by atoms with Crippen molar-refractivity contribution in [2.75, 3.05) is 13.1 Å². The van der Waals surface area contributed by atoms with Crippen LogP contribution in [0.2, 0.25) is 0 Å². The lowest BCUT2D eigenvalue weighted by Crippen LogP contribution is -2.50. The van der Waals surface area contributed by atoms with E-state index in [0.717, 1.165) is 19.3 Å². The third kappa shape index (κ3) is 2.54. The van der Waals surface area contributed by atoms with Gasteiger partial charge in [-0.3, -0.25) is 4.79 Å². The van der Waals surface area contributed by atoms with Gasteiger partial charge in [-0.2, -0.15) is 0 Å². The second-order valence-corrected chi connectivity index (χ2v) is 5.77. The molecule has 0 spiro atoms. The number of hydrogen-bond donors (Lipinski definition) is 2. The first kappa shape index (κ1) is 12.7. The lowest BCUT2D eigenvalue weighted by Gasteiger charge is -2.32. The van der Waals surface area contributed by atoms with Crippen molar-refractivity contribution in [1.29, 1.82) is 0 Å². The number of rotatable bonds is 2. The highest BCUT2D eigenvalue weighted by atomic mass is 16.5. The van der Waals surface area contributed by atoms with E-state index in [9.17, 15) is 9.59 Å². The zero-order valence-electron chi connectivity index (χ0n) is 10.9. The Balaban J connectivity index is 1.48. The first-order valence-corrected chi connectivity index (χ1v) is 7.07. The summed E-state index contributed by atoms with van der Waals surface area (Å²) in [5.74, 6) is -1.04. The quantitative estimate of drug-likeness (QED) is 0.777. The number of carbonyl (C=O) groups excluding carboxylic acids is 1. The van der Waals surface area contributed by atoms with E-state index in [4.69, 9.17) is 9.84 Å². The van der Waals surface area contributed by atoms with Crippen LogP contribution in [-0.4, -0.2) is 53.3 Å². The Kier molecular flexibility index (Phi) is 3.35. The summed E-state index contributed by atoms with van der Waals surface area (Å²) in [4.78, 5) is 24.7. The van der Waals surface area contributed by atoms with Crippen molar-refractivity contribution in [2.24, 2.45) is 5.92 Å². The lowest BCUT2D eigenvalue weighted by atomic mass is 9.95. The molecule has 3 heterocycles. The van der Waals surface area contributed by atoms with Gasteiger partial charge in [-0.1, -0.05) is 0 Å². The highest BCUT2D eigenvalue weighted by Gasteiger charge is 2.42. The highest BCUT2D eigenvalue weighted by molar-refractivity contribution is 5.75. The molecule has 6 nitrogen and oxygen atoms in total. The molecular formula is C13H20N2O4. The number of fused-ring (bicyclic) bond motifs is 2. The number of nitrogens with one attached hydrogen (secondary N) is 1. The Morgan fingerprint density at radius 1 is 1.16 bits per heavy atom. The van der Waals surface area contributed by atoms with Crippen molar-refractivity contribution in [2.45, 2.75) is 50.4 Å². The molecule has 3 saturated heterocycles. The van der Waals surface area contributed by atoms with Crippen molar-refractivity contribution < 1.29 is 19.4 Å². The van der Waals surface area contributed by atoms with Crippen LogP contribution in [0, 0.1) is 5.92 Å². The van der Waals surface area contributed by atoms with Crippen LogP contribution in [0.1, 0.15) is 32.1 Å². The van der Waals surface area contributed by atoms with Crippen LogP contribution in [0.5, 0.6) is 0 Å². The standard InChI is InChI=1S/C13H20N2O4/c16-12(17)8-3-5-15(6-4-8)13(18)14-10-7-9-1-2-11(10)19-9/h8-11H,1-7H2,(H,14,18)(H,16,17). The zero-order chi connectivity index (χ0) is 13.4. The number of carboxylic acid groups (broad SMARTS) is 1. The van der Waals surface area contributed by atoms with Gasteiger partial charge in [-0.05, 0) is 32.1 Å². The molecule has 3 aliphatic rings.